The van der Waals surface area contributed by atoms with Gasteiger partial charge in [-0.1, -0.05) is 26.7 Å². The third-order valence-electron chi connectivity index (χ3n) is 4.64. The largest absolute Gasteiger partial charge is 0.378 e. The fraction of sp³-hybridized carbons (Fsp3) is 1.00. The molecule has 0 amide bonds. The van der Waals surface area contributed by atoms with E-state index in [1.807, 2.05) is 0 Å². The Morgan fingerprint density at radius 3 is 2.53 bits per heavy atom. The van der Waals surface area contributed by atoms with E-state index in [0.717, 1.165) is 25.0 Å². The molecule has 1 saturated carbocycles. The number of ether oxygens (including phenoxy) is 1. The molecule has 0 spiro atoms. The van der Waals surface area contributed by atoms with Gasteiger partial charge in [-0.15, -0.1) is 0 Å². The molecule has 0 aromatic rings. The lowest BCUT2D eigenvalue weighted by atomic mass is 9.77. The molecule has 0 aromatic heterocycles. The van der Waals surface area contributed by atoms with Crippen LogP contribution in [0.2, 0.25) is 0 Å². The Balaban J connectivity index is 1.82. The molecular weight excluding hydrogens is 210 g/mol. The molecule has 0 aromatic carbocycles. The highest BCUT2D eigenvalue weighted by Crippen LogP contribution is 2.33. The Morgan fingerprint density at radius 2 is 1.94 bits per heavy atom. The van der Waals surface area contributed by atoms with E-state index >= 15 is 0 Å². The highest BCUT2D eigenvalue weighted by Gasteiger charge is 2.28. The van der Waals surface area contributed by atoms with Crippen molar-refractivity contribution < 1.29 is 4.74 Å². The average molecular weight is 239 g/mol. The molecule has 1 N–H and O–H groups in total. The molecule has 2 atom stereocenters. The quantitative estimate of drug-likeness (QED) is 0.794. The zero-order chi connectivity index (χ0) is 12.1. The Labute approximate surface area is 107 Å². The van der Waals surface area contributed by atoms with Gasteiger partial charge in [0.2, 0.25) is 0 Å². The zero-order valence-corrected chi connectivity index (χ0v) is 11.6. The summed E-state index contributed by atoms with van der Waals surface area (Å²) in [4.78, 5) is 0. The first kappa shape index (κ1) is 13.4. The second-order valence-electron chi connectivity index (χ2n) is 6.05. The van der Waals surface area contributed by atoms with Crippen molar-refractivity contribution in [2.75, 3.05) is 13.2 Å². The van der Waals surface area contributed by atoms with Crippen molar-refractivity contribution in [3.63, 3.8) is 0 Å². The number of rotatable bonds is 5. The summed E-state index contributed by atoms with van der Waals surface area (Å²) in [6.45, 7) is 6.72. The summed E-state index contributed by atoms with van der Waals surface area (Å²) in [7, 11) is 0. The minimum Gasteiger partial charge on any atom is -0.378 e. The van der Waals surface area contributed by atoms with Crippen LogP contribution in [0.1, 0.15) is 58.8 Å². The van der Waals surface area contributed by atoms with Crippen molar-refractivity contribution in [2.45, 2.75) is 70.9 Å². The van der Waals surface area contributed by atoms with E-state index in [0.29, 0.717) is 12.1 Å². The van der Waals surface area contributed by atoms with Gasteiger partial charge < -0.3 is 10.1 Å². The second kappa shape index (κ2) is 6.75. The van der Waals surface area contributed by atoms with E-state index in [-0.39, 0.29) is 0 Å². The van der Waals surface area contributed by atoms with Crippen LogP contribution in [-0.4, -0.2) is 25.3 Å². The predicted molar refractivity (Wildman–Crippen MR) is 72.2 cm³/mol. The summed E-state index contributed by atoms with van der Waals surface area (Å²) in [5.74, 6) is 1.85. The van der Waals surface area contributed by atoms with Gasteiger partial charge in [-0.2, -0.15) is 0 Å². The van der Waals surface area contributed by atoms with Gasteiger partial charge in [-0.05, 0) is 50.5 Å². The third kappa shape index (κ3) is 3.96. The lowest BCUT2D eigenvalue weighted by Crippen LogP contribution is -2.40. The third-order valence-corrected chi connectivity index (χ3v) is 4.64. The molecule has 1 aliphatic carbocycles. The first-order valence-corrected chi connectivity index (χ1v) is 7.64. The van der Waals surface area contributed by atoms with Crippen molar-refractivity contribution in [2.24, 2.45) is 11.8 Å². The van der Waals surface area contributed by atoms with Crippen LogP contribution in [0.25, 0.3) is 0 Å². The summed E-state index contributed by atoms with van der Waals surface area (Å²) in [5, 5.41) is 3.71. The summed E-state index contributed by atoms with van der Waals surface area (Å²) < 4.78 is 5.80. The molecular formula is C15H29NO. The fourth-order valence-electron chi connectivity index (χ4n) is 3.51. The van der Waals surface area contributed by atoms with Crippen LogP contribution in [0.4, 0.5) is 0 Å². The van der Waals surface area contributed by atoms with Crippen LogP contribution in [0.5, 0.6) is 0 Å². The van der Waals surface area contributed by atoms with Crippen LogP contribution >= 0.6 is 0 Å². The fourth-order valence-corrected chi connectivity index (χ4v) is 3.51. The maximum atomic E-state index is 5.80. The number of nitrogens with one attached hydrogen (secondary N) is 1. The van der Waals surface area contributed by atoms with E-state index in [4.69, 9.17) is 4.74 Å². The van der Waals surface area contributed by atoms with E-state index in [1.54, 1.807) is 0 Å². The maximum absolute atomic E-state index is 5.80. The molecule has 1 saturated heterocycles. The van der Waals surface area contributed by atoms with Gasteiger partial charge in [-0.3, -0.25) is 0 Å². The van der Waals surface area contributed by atoms with E-state index in [9.17, 15) is 0 Å². The molecule has 0 radical (unpaired) electrons. The van der Waals surface area contributed by atoms with E-state index in [2.05, 4.69) is 19.2 Å². The summed E-state index contributed by atoms with van der Waals surface area (Å²) in [5.41, 5.74) is 0. The van der Waals surface area contributed by atoms with Gasteiger partial charge in [0.05, 0.1) is 6.10 Å². The Hall–Kier alpha value is -0.0800. The van der Waals surface area contributed by atoms with E-state index < -0.39 is 0 Å². The number of hydrogen-bond acceptors (Lipinski definition) is 2. The van der Waals surface area contributed by atoms with Crippen molar-refractivity contribution >= 4 is 0 Å². The summed E-state index contributed by atoms with van der Waals surface area (Å²) in [6, 6.07) is 0.704. The van der Waals surface area contributed by atoms with Gasteiger partial charge in [0.15, 0.2) is 0 Å². The van der Waals surface area contributed by atoms with Gasteiger partial charge in [0, 0.05) is 12.6 Å². The van der Waals surface area contributed by atoms with Crippen LogP contribution in [-0.2, 0) is 4.74 Å². The highest BCUT2D eigenvalue weighted by atomic mass is 16.5. The van der Waals surface area contributed by atoms with Crippen molar-refractivity contribution in [1.29, 1.82) is 0 Å². The van der Waals surface area contributed by atoms with Crippen LogP contribution in [0, 0.1) is 11.8 Å². The molecule has 2 rings (SSSR count). The first-order chi connectivity index (χ1) is 8.29. The van der Waals surface area contributed by atoms with Crippen LogP contribution in [0.3, 0.4) is 0 Å². The molecule has 2 heteroatoms. The summed E-state index contributed by atoms with van der Waals surface area (Å²) >= 11 is 0. The monoisotopic (exact) mass is 239 g/mol. The lowest BCUT2D eigenvalue weighted by molar-refractivity contribution is 0.0811. The van der Waals surface area contributed by atoms with Crippen LogP contribution < -0.4 is 5.32 Å². The lowest BCUT2D eigenvalue weighted by Gasteiger charge is -2.34. The smallest absolute Gasteiger partial charge is 0.0590 e. The average Bonchev–Trinajstić information content (AvgIpc) is 2.82. The molecule has 2 nitrogen and oxygen atoms in total. The van der Waals surface area contributed by atoms with Crippen molar-refractivity contribution in [3.8, 4) is 0 Å². The summed E-state index contributed by atoms with van der Waals surface area (Å²) in [6.07, 6.45) is 10.0. The van der Waals surface area contributed by atoms with Gasteiger partial charge in [0.25, 0.3) is 0 Å². The Kier molecular flexibility index (Phi) is 5.30. The standard InChI is InChI=1S/C15H29NO/c1-3-16-15(11-14-5-4-10-17-14)13-8-6-12(2)7-9-13/h12-16H,3-11H2,1-2H3. The van der Waals surface area contributed by atoms with Crippen molar-refractivity contribution in [1.82, 2.24) is 5.32 Å². The molecule has 100 valence electrons. The van der Waals surface area contributed by atoms with Crippen LogP contribution in [0.15, 0.2) is 0 Å². The minimum atomic E-state index is 0.540. The minimum absolute atomic E-state index is 0.540. The molecule has 2 aliphatic rings. The molecule has 2 fully saturated rings. The topological polar surface area (TPSA) is 21.3 Å². The maximum Gasteiger partial charge on any atom is 0.0590 e. The predicted octanol–water partition coefficient (Wildman–Crippen LogP) is 3.36. The second-order valence-corrected chi connectivity index (χ2v) is 6.05. The van der Waals surface area contributed by atoms with Crippen molar-refractivity contribution in [3.05, 3.63) is 0 Å². The molecule has 2 unspecified atom stereocenters. The van der Waals surface area contributed by atoms with Gasteiger partial charge in [0.1, 0.15) is 0 Å². The Morgan fingerprint density at radius 1 is 1.18 bits per heavy atom. The molecule has 1 heterocycles. The molecule has 17 heavy (non-hydrogen) atoms. The van der Waals surface area contributed by atoms with E-state index in [1.165, 1.54) is 44.9 Å². The number of hydrogen-bond donors (Lipinski definition) is 1. The molecule has 0 bridgehead atoms. The zero-order valence-electron chi connectivity index (χ0n) is 11.6. The Bertz CT molecular complexity index is 205. The van der Waals surface area contributed by atoms with Gasteiger partial charge >= 0.3 is 0 Å². The SMILES string of the molecule is CCNC(CC1CCCO1)C1CCC(C)CC1. The normalized spacial score (nSPS) is 36.0. The highest BCUT2D eigenvalue weighted by molar-refractivity contribution is 4.84. The van der Waals surface area contributed by atoms with Gasteiger partial charge in [-0.25, -0.2) is 0 Å². The first-order valence-electron chi connectivity index (χ1n) is 7.64. The molecule has 1 aliphatic heterocycles.